The van der Waals surface area contributed by atoms with Crippen LogP contribution in [0.5, 0.6) is 11.5 Å². The van der Waals surface area contributed by atoms with Crippen molar-refractivity contribution >= 4 is 40.7 Å². The highest BCUT2D eigenvalue weighted by Gasteiger charge is 2.18. The molecule has 2 aromatic carbocycles. The smallest absolute Gasteiger partial charge is 0.313 e. The highest BCUT2D eigenvalue weighted by Crippen LogP contribution is 2.42. The predicted molar refractivity (Wildman–Crippen MR) is 109 cm³/mol. The van der Waals surface area contributed by atoms with Gasteiger partial charge in [-0.05, 0) is 35.9 Å². The molecular weight excluding hydrogens is 406 g/mol. The first-order chi connectivity index (χ1) is 13.0. The van der Waals surface area contributed by atoms with Crippen molar-refractivity contribution in [3.8, 4) is 33.2 Å². The Bertz CT molecular complexity index is 957. The van der Waals surface area contributed by atoms with E-state index < -0.39 is 5.97 Å². The van der Waals surface area contributed by atoms with Crippen molar-refractivity contribution in [2.24, 2.45) is 0 Å². The number of thioether (sulfide) groups is 1. The molecule has 1 aromatic heterocycles. The summed E-state index contributed by atoms with van der Waals surface area (Å²) >= 11 is 8.65. The van der Waals surface area contributed by atoms with Crippen LogP contribution >= 0.6 is 34.7 Å². The fourth-order valence-corrected chi connectivity index (χ4v) is 4.47. The highest BCUT2D eigenvalue weighted by molar-refractivity contribution is 8.01. The molecule has 0 amide bonds. The topological polar surface area (TPSA) is 68.7 Å². The third-order valence-corrected chi connectivity index (χ3v) is 6.17. The molecule has 0 fully saturated rings. The molecule has 0 saturated heterocycles. The zero-order chi connectivity index (χ0) is 19.4. The fraction of sp³-hybridized carbons (Fsp3) is 0.158. The van der Waals surface area contributed by atoms with Crippen LogP contribution in [0.3, 0.4) is 0 Å². The fourth-order valence-electron chi connectivity index (χ4n) is 2.46. The molecule has 0 aliphatic heterocycles. The molecule has 0 bridgehead atoms. The van der Waals surface area contributed by atoms with Gasteiger partial charge in [-0.3, -0.25) is 4.79 Å². The van der Waals surface area contributed by atoms with Crippen LogP contribution in [0.4, 0.5) is 0 Å². The number of carbonyl (C=O) groups is 1. The number of thiazole rings is 1. The van der Waals surface area contributed by atoms with E-state index in [1.807, 2.05) is 30.3 Å². The lowest BCUT2D eigenvalue weighted by atomic mass is 10.1. The third kappa shape index (κ3) is 4.55. The second kappa shape index (κ2) is 8.65. The Morgan fingerprint density at radius 2 is 1.78 bits per heavy atom. The maximum absolute atomic E-state index is 10.9. The molecular formula is C19H16ClNO4S2. The minimum Gasteiger partial charge on any atom is -0.493 e. The Kier molecular flexibility index (Phi) is 6.26. The average molecular weight is 422 g/mol. The summed E-state index contributed by atoms with van der Waals surface area (Å²) in [5, 5.41) is 9.59. The minimum atomic E-state index is -0.879. The number of benzene rings is 2. The molecule has 140 valence electrons. The third-order valence-electron chi connectivity index (χ3n) is 3.69. The van der Waals surface area contributed by atoms with Gasteiger partial charge in [-0.2, -0.15) is 0 Å². The average Bonchev–Trinajstić information content (AvgIpc) is 3.10. The van der Waals surface area contributed by atoms with Gasteiger partial charge >= 0.3 is 5.97 Å². The van der Waals surface area contributed by atoms with E-state index in [1.165, 1.54) is 23.1 Å². The Morgan fingerprint density at radius 3 is 2.41 bits per heavy atom. The molecule has 8 heteroatoms. The number of methoxy groups -OCH3 is 2. The molecule has 0 saturated carbocycles. The van der Waals surface area contributed by atoms with Crippen LogP contribution in [0.2, 0.25) is 5.02 Å². The zero-order valence-corrected chi connectivity index (χ0v) is 17.0. The number of carboxylic acids is 1. The van der Waals surface area contributed by atoms with E-state index in [0.717, 1.165) is 21.7 Å². The van der Waals surface area contributed by atoms with E-state index in [4.69, 9.17) is 26.2 Å². The maximum atomic E-state index is 10.9. The lowest BCUT2D eigenvalue weighted by Gasteiger charge is -2.09. The van der Waals surface area contributed by atoms with Crippen LogP contribution in [0.25, 0.3) is 21.7 Å². The number of ether oxygens (including phenoxy) is 2. The molecule has 0 aliphatic rings. The van der Waals surface area contributed by atoms with Gasteiger partial charge in [0.05, 0.1) is 30.5 Å². The summed E-state index contributed by atoms with van der Waals surface area (Å²) in [5.74, 6) is 0.333. The molecule has 27 heavy (non-hydrogen) atoms. The van der Waals surface area contributed by atoms with Crippen molar-refractivity contribution in [2.75, 3.05) is 20.0 Å². The van der Waals surface area contributed by atoms with Gasteiger partial charge in [0.1, 0.15) is 0 Å². The number of hydrogen-bond donors (Lipinski definition) is 1. The van der Waals surface area contributed by atoms with Gasteiger partial charge in [-0.15, -0.1) is 11.3 Å². The van der Waals surface area contributed by atoms with E-state index in [0.29, 0.717) is 20.9 Å². The van der Waals surface area contributed by atoms with Crippen molar-refractivity contribution in [1.82, 2.24) is 4.98 Å². The quantitative estimate of drug-likeness (QED) is 0.520. The summed E-state index contributed by atoms with van der Waals surface area (Å²) in [6.45, 7) is 0. The number of hydrogen-bond acceptors (Lipinski definition) is 6. The summed E-state index contributed by atoms with van der Waals surface area (Å²) in [5.41, 5.74) is 2.59. The van der Waals surface area contributed by atoms with E-state index in [1.54, 1.807) is 26.4 Å². The van der Waals surface area contributed by atoms with Gasteiger partial charge in [0.25, 0.3) is 0 Å². The summed E-state index contributed by atoms with van der Waals surface area (Å²) in [6, 6.07) is 13.1. The molecule has 0 unspecified atom stereocenters. The molecule has 0 spiro atoms. The standard InChI is InChI=1S/C19H16ClNO4S2/c1-24-14-8-5-12(9-15(14)25-2)18-17(11-3-6-13(20)7-4-11)21-19(27-18)26-10-16(22)23/h3-9H,10H2,1-2H3,(H,22,23). The first kappa shape index (κ1) is 19.5. The van der Waals surface area contributed by atoms with Crippen LogP contribution in [0.1, 0.15) is 0 Å². The van der Waals surface area contributed by atoms with Crippen molar-refractivity contribution in [2.45, 2.75) is 4.34 Å². The Balaban J connectivity index is 2.09. The second-order valence-corrected chi connectivity index (χ2v) is 8.07. The van der Waals surface area contributed by atoms with Crippen LogP contribution in [-0.4, -0.2) is 36.0 Å². The molecule has 3 rings (SSSR count). The number of carboxylic acid groups (broad SMARTS) is 1. The molecule has 0 atom stereocenters. The monoisotopic (exact) mass is 421 g/mol. The lowest BCUT2D eigenvalue weighted by Crippen LogP contribution is -1.96. The van der Waals surface area contributed by atoms with E-state index in [9.17, 15) is 4.79 Å². The summed E-state index contributed by atoms with van der Waals surface area (Å²) in [4.78, 5) is 16.5. The largest absolute Gasteiger partial charge is 0.493 e. The molecule has 0 radical (unpaired) electrons. The summed E-state index contributed by atoms with van der Waals surface area (Å²) in [7, 11) is 3.17. The molecule has 5 nitrogen and oxygen atoms in total. The van der Waals surface area contributed by atoms with Gasteiger partial charge in [0.15, 0.2) is 15.8 Å². The number of aromatic nitrogens is 1. The van der Waals surface area contributed by atoms with Gasteiger partial charge in [0, 0.05) is 10.6 Å². The van der Waals surface area contributed by atoms with Crippen LogP contribution in [0, 0.1) is 0 Å². The van der Waals surface area contributed by atoms with Crippen molar-refractivity contribution in [3.05, 3.63) is 47.5 Å². The van der Waals surface area contributed by atoms with Gasteiger partial charge in [0.2, 0.25) is 0 Å². The van der Waals surface area contributed by atoms with Gasteiger partial charge < -0.3 is 14.6 Å². The highest BCUT2D eigenvalue weighted by atomic mass is 35.5. The van der Waals surface area contributed by atoms with E-state index >= 15 is 0 Å². The van der Waals surface area contributed by atoms with Crippen molar-refractivity contribution in [1.29, 1.82) is 0 Å². The first-order valence-corrected chi connectivity index (χ1v) is 10.0. The number of nitrogens with zero attached hydrogens (tertiary/aromatic N) is 1. The van der Waals surface area contributed by atoms with Crippen LogP contribution < -0.4 is 9.47 Å². The molecule has 0 aliphatic carbocycles. The molecule has 1 heterocycles. The Labute approximate surface area is 169 Å². The van der Waals surface area contributed by atoms with E-state index in [-0.39, 0.29) is 5.75 Å². The SMILES string of the molecule is COc1ccc(-c2sc(SCC(=O)O)nc2-c2ccc(Cl)cc2)cc1OC. The second-order valence-electron chi connectivity index (χ2n) is 5.42. The molecule has 3 aromatic rings. The maximum Gasteiger partial charge on any atom is 0.313 e. The summed E-state index contributed by atoms with van der Waals surface area (Å²) in [6.07, 6.45) is 0. The van der Waals surface area contributed by atoms with Gasteiger partial charge in [-0.25, -0.2) is 4.98 Å². The van der Waals surface area contributed by atoms with Gasteiger partial charge in [-0.1, -0.05) is 35.5 Å². The number of halogens is 1. The van der Waals surface area contributed by atoms with E-state index in [2.05, 4.69) is 4.98 Å². The normalized spacial score (nSPS) is 10.6. The Hall–Kier alpha value is -2.22. The van der Waals surface area contributed by atoms with Crippen LogP contribution in [0.15, 0.2) is 46.8 Å². The van der Waals surface area contributed by atoms with Crippen molar-refractivity contribution < 1.29 is 19.4 Å². The predicted octanol–water partition coefficient (Wildman–Crippen LogP) is 5.32. The number of rotatable bonds is 7. The van der Waals surface area contributed by atoms with Crippen LogP contribution in [-0.2, 0) is 4.79 Å². The lowest BCUT2D eigenvalue weighted by molar-refractivity contribution is -0.133. The van der Waals surface area contributed by atoms with Crippen molar-refractivity contribution in [3.63, 3.8) is 0 Å². The minimum absolute atomic E-state index is 0.0427. The zero-order valence-electron chi connectivity index (χ0n) is 14.6. The number of aliphatic carboxylic acids is 1. The summed E-state index contributed by atoms with van der Waals surface area (Å²) < 4.78 is 11.4. The first-order valence-electron chi connectivity index (χ1n) is 7.85. The Morgan fingerprint density at radius 1 is 1.11 bits per heavy atom. The molecule has 1 N–H and O–H groups in total.